The van der Waals surface area contributed by atoms with Gasteiger partial charge in [-0.2, -0.15) is 0 Å². The Kier molecular flexibility index (Phi) is 9.02. The second-order valence-corrected chi connectivity index (χ2v) is 7.25. The van der Waals surface area contributed by atoms with Gasteiger partial charge in [0.15, 0.2) is 0 Å². The Morgan fingerprint density at radius 2 is 1.59 bits per heavy atom. The van der Waals surface area contributed by atoms with Crippen LogP contribution in [0.1, 0.15) is 57.9 Å². The van der Waals surface area contributed by atoms with E-state index in [-0.39, 0.29) is 11.8 Å². The van der Waals surface area contributed by atoms with Crippen LogP contribution in [0.25, 0.3) is 0 Å². The molecule has 0 aromatic heterocycles. The second-order valence-electron chi connectivity index (χ2n) is 7.25. The molecule has 0 aliphatic heterocycles. The summed E-state index contributed by atoms with van der Waals surface area (Å²) in [5, 5.41) is 8.96. The van der Waals surface area contributed by atoms with Gasteiger partial charge in [-0.25, -0.2) is 0 Å². The molecular formula is C23H32N4O2. The summed E-state index contributed by atoms with van der Waals surface area (Å²) >= 11 is 0. The van der Waals surface area contributed by atoms with Crippen molar-refractivity contribution in [3.8, 4) is 0 Å². The predicted octanol–water partition coefficient (Wildman–Crippen LogP) is 5.14. The molecule has 2 rings (SSSR count). The zero-order valence-electron chi connectivity index (χ0n) is 17.4. The quantitative estimate of drug-likeness (QED) is 0.312. The first-order chi connectivity index (χ1) is 14.0. The van der Waals surface area contributed by atoms with Gasteiger partial charge in [0.05, 0.1) is 11.4 Å². The normalized spacial score (nSPS) is 10.4. The lowest BCUT2D eigenvalue weighted by molar-refractivity contribution is -0.116. The number of nitrogens with one attached hydrogen (secondary N) is 3. The topological polar surface area (TPSA) is 96.2 Å². The minimum absolute atomic E-state index is 0.00756. The highest BCUT2D eigenvalue weighted by atomic mass is 16.2. The van der Waals surface area contributed by atoms with E-state index in [9.17, 15) is 9.59 Å². The van der Waals surface area contributed by atoms with Crippen LogP contribution in [0.5, 0.6) is 0 Å². The highest BCUT2D eigenvalue weighted by molar-refractivity contribution is 5.94. The van der Waals surface area contributed by atoms with Gasteiger partial charge in [-0.1, -0.05) is 44.7 Å². The molecule has 0 spiro atoms. The van der Waals surface area contributed by atoms with E-state index in [0.29, 0.717) is 24.3 Å². The van der Waals surface area contributed by atoms with Crippen molar-refractivity contribution in [1.82, 2.24) is 0 Å². The van der Waals surface area contributed by atoms with Gasteiger partial charge in [0.1, 0.15) is 0 Å². The van der Waals surface area contributed by atoms with Crippen molar-refractivity contribution >= 4 is 34.6 Å². The third-order valence-electron chi connectivity index (χ3n) is 4.60. The predicted molar refractivity (Wildman–Crippen MR) is 121 cm³/mol. The molecule has 0 fully saturated rings. The van der Waals surface area contributed by atoms with Gasteiger partial charge in [-0.05, 0) is 42.3 Å². The van der Waals surface area contributed by atoms with E-state index in [0.717, 1.165) is 29.8 Å². The molecule has 0 bridgehead atoms. The Morgan fingerprint density at radius 1 is 0.897 bits per heavy atom. The van der Waals surface area contributed by atoms with Crippen LogP contribution < -0.4 is 21.7 Å². The Hall–Kier alpha value is -3.02. The zero-order valence-corrected chi connectivity index (χ0v) is 17.4. The lowest BCUT2D eigenvalue weighted by Crippen LogP contribution is -2.12. The first kappa shape index (κ1) is 22.3. The lowest BCUT2D eigenvalue weighted by atomic mass is 10.1. The first-order valence-electron chi connectivity index (χ1n) is 10.3. The number of hydrogen-bond acceptors (Lipinski definition) is 4. The Labute approximate surface area is 173 Å². The van der Waals surface area contributed by atoms with Crippen LogP contribution in [0.3, 0.4) is 0 Å². The number of unbranched alkanes of at least 4 members (excludes halogenated alkanes) is 4. The molecule has 0 atom stereocenters. The van der Waals surface area contributed by atoms with E-state index in [1.165, 1.54) is 26.2 Å². The molecule has 156 valence electrons. The average Bonchev–Trinajstić information content (AvgIpc) is 2.69. The standard InChI is InChI=1S/C23H32N4O2/c1-3-4-5-6-7-8-23(29)27-22-14-13-20(15-21(22)24)25-16-18-9-11-19(12-10-18)26-17(2)28/h9-15,25H,3-8,16,24H2,1-2H3,(H,26,28)(H,27,29). The molecule has 0 unspecified atom stereocenters. The van der Waals surface area contributed by atoms with Crippen LogP contribution in [-0.4, -0.2) is 11.8 Å². The highest BCUT2D eigenvalue weighted by Crippen LogP contribution is 2.24. The molecule has 0 aliphatic carbocycles. The number of benzene rings is 2. The summed E-state index contributed by atoms with van der Waals surface area (Å²) in [6.45, 7) is 4.29. The average molecular weight is 397 g/mol. The number of carbonyl (C=O) groups excluding carboxylic acids is 2. The highest BCUT2D eigenvalue weighted by Gasteiger charge is 2.06. The SMILES string of the molecule is CCCCCCCC(=O)Nc1ccc(NCc2ccc(NC(C)=O)cc2)cc1N. The van der Waals surface area contributed by atoms with Gasteiger partial charge in [-0.3, -0.25) is 9.59 Å². The maximum atomic E-state index is 12.1. The van der Waals surface area contributed by atoms with Crippen molar-refractivity contribution in [3.05, 3.63) is 48.0 Å². The van der Waals surface area contributed by atoms with Crippen LogP contribution in [0, 0.1) is 0 Å². The third kappa shape index (κ3) is 8.25. The summed E-state index contributed by atoms with van der Waals surface area (Å²) in [5.41, 5.74) is 10.0. The van der Waals surface area contributed by atoms with Crippen molar-refractivity contribution < 1.29 is 9.59 Å². The molecular weight excluding hydrogens is 364 g/mol. The van der Waals surface area contributed by atoms with Crippen LogP contribution in [0.15, 0.2) is 42.5 Å². The van der Waals surface area contributed by atoms with Gasteiger partial charge < -0.3 is 21.7 Å². The Morgan fingerprint density at radius 3 is 2.24 bits per heavy atom. The molecule has 6 heteroatoms. The van der Waals surface area contributed by atoms with Crippen molar-refractivity contribution in [3.63, 3.8) is 0 Å². The summed E-state index contributed by atoms with van der Waals surface area (Å²) in [4.78, 5) is 23.1. The van der Waals surface area contributed by atoms with E-state index >= 15 is 0 Å². The van der Waals surface area contributed by atoms with E-state index in [2.05, 4.69) is 22.9 Å². The number of amides is 2. The van der Waals surface area contributed by atoms with Crippen LogP contribution >= 0.6 is 0 Å². The van der Waals surface area contributed by atoms with Gasteiger partial charge in [-0.15, -0.1) is 0 Å². The molecule has 5 N–H and O–H groups in total. The van der Waals surface area contributed by atoms with Crippen LogP contribution in [-0.2, 0) is 16.1 Å². The fourth-order valence-corrected chi connectivity index (χ4v) is 3.00. The molecule has 0 saturated carbocycles. The number of nitrogen functional groups attached to an aromatic ring is 1. The second kappa shape index (κ2) is 11.7. The fourth-order valence-electron chi connectivity index (χ4n) is 3.00. The largest absolute Gasteiger partial charge is 0.397 e. The van der Waals surface area contributed by atoms with Crippen molar-refractivity contribution in [2.24, 2.45) is 0 Å². The molecule has 0 radical (unpaired) electrons. The van der Waals surface area contributed by atoms with Crippen LogP contribution in [0.2, 0.25) is 0 Å². The number of nitrogens with two attached hydrogens (primary N) is 1. The Bertz CT molecular complexity index is 803. The lowest BCUT2D eigenvalue weighted by Gasteiger charge is -2.12. The van der Waals surface area contributed by atoms with E-state index in [1.807, 2.05) is 42.5 Å². The fraction of sp³-hybridized carbons (Fsp3) is 0.391. The summed E-state index contributed by atoms with van der Waals surface area (Å²) < 4.78 is 0. The summed E-state index contributed by atoms with van der Waals surface area (Å²) in [6, 6.07) is 13.2. The summed E-state index contributed by atoms with van der Waals surface area (Å²) in [6.07, 6.45) is 6.13. The van der Waals surface area contributed by atoms with Gasteiger partial charge in [0, 0.05) is 31.3 Å². The summed E-state index contributed by atoms with van der Waals surface area (Å²) in [7, 11) is 0. The molecule has 0 aliphatic rings. The van der Waals surface area contributed by atoms with Crippen molar-refractivity contribution in [2.45, 2.75) is 58.9 Å². The van der Waals surface area contributed by atoms with Crippen LogP contribution in [0.4, 0.5) is 22.7 Å². The van der Waals surface area contributed by atoms with Crippen molar-refractivity contribution in [2.75, 3.05) is 21.7 Å². The van der Waals surface area contributed by atoms with Gasteiger partial charge in [0.25, 0.3) is 0 Å². The van der Waals surface area contributed by atoms with E-state index < -0.39 is 0 Å². The molecule has 0 saturated heterocycles. The number of hydrogen-bond donors (Lipinski definition) is 4. The van der Waals surface area contributed by atoms with Gasteiger partial charge >= 0.3 is 0 Å². The van der Waals surface area contributed by atoms with E-state index in [1.54, 1.807) is 0 Å². The van der Waals surface area contributed by atoms with E-state index in [4.69, 9.17) is 5.73 Å². The smallest absolute Gasteiger partial charge is 0.224 e. The zero-order chi connectivity index (χ0) is 21.1. The maximum Gasteiger partial charge on any atom is 0.224 e. The van der Waals surface area contributed by atoms with Gasteiger partial charge in [0.2, 0.25) is 11.8 Å². The Balaban J connectivity index is 1.81. The first-order valence-corrected chi connectivity index (χ1v) is 10.3. The molecule has 2 aromatic carbocycles. The monoisotopic (exact) mass is 396 g/mol. The molecule has 2 aromatic rings. The minimum Gasteiger partial charge on any atom is -0.397 e. The minimum atomic E-state index is -0.0879. The maximum absolute atomic E-state index is 12.1. The number of carbonyl (C=O) groups is 2. The summed E-state index contributed by atoms with van der Waals surface area (Å²) in [5.74, 6) is -0.0804. The molecule has 6 nitrogen and oxygen atoms in total. The van der Waals surface area contributed by atoms with Crippen molar-refractivity contribution in [1.29, 1.82) is 0 Å². The number of rotatable bonds is 11. The molecule has 29 heavy (non-hydrogen) atoms. The third-order valence-corrected chi connectivity index (χ3v) is 4.60. The molecule has 0 heterocycles. The number of anilines is 4. The molecule has 2 amide bonds.